The summed E-state index contributed by atoms with van der Waals surface area (Å²) in [6, 6.07) is 0.451. The van der Waals surface area contributed by atoms with Gasteiger partial charge in [0.1, 0.15) is 0 Å². The van der Waals surface area contributed by atoms with Crippen molar-refractivity contribution in [3.63, 3.8) is 0 Å². The lowest BCUT2D eigenvalue weighted by Gasteiger charge is -2.23. The molecule has 0 radical (unpaired) electrons. The third-order valence-electron chi connectivity index (χ3n) is 4.55. The highest BCUT2D eigenvalue weighted by Gasteiger charge is 2.22. The zero-order valence-electron chi connectivity index (χ0n) is 11.7. The average molecular weight is 225 g/mol. The molecule has 1 nitrogen and oxygen atoms in total. The van der Waals surface area contributed by atoms with Crippen LogP contribution in [0, 0.1) is 23.7 Å². The molecule has 0 amide bonds. The maximum absolute atomic E-state index is 6.26. The minimum Gasteiger partial charge on any atom is -0.328 e. The van der Waals surface area contributed by atoms with Crippen LogP contribution < -0.4 is 5.73 Å². The molecule has 1 rings (SSSR count). The Bertz CT molecular complexity index is 186. The number of nitrogens with two attached hydrogens (primary N) is 1. The Morgan fingerprint density at radius 2 is 1.38 bits per heavy atom. The summed E-state index contributed by atoms with van der Waals surface area (Å²) in [5.74, 6) is 3.42. The second-order valence-corrected chi connectivity index (χ2v) is 6.51. The Hall–Kier alpha value is -0.0400. The summed E-state index contributed by atoms with van der Waals surface area (Å²) in [7, 11) is 0. The molecule has 2 N–H and O–H groups in total. The highest BCUT2D eigenvalue weighted by atomic mass is 14.6. The van der Waals surface area contributed by atoms with Crippen molar-refractivity contribution in [2.24, 2.45) is 29.4 Å². The molecule has 0 aromatic carbocycles. The minimum atomic E-state index is 0.451. The van der Waals surface area contributed by atoms with Crippen LogP contribution in [0.1, 0.15) is 66.2 Å². The summed E-state index contributed by atoms with van der Waals surface area (Å²) in [5, 5.41) is 0. The third kappa shape index (κ3) is 4.45. The van der Waals surface area contributed by atoms with Crippen LogP contribution in [-0.2, 0) is 0 Å². The second kappa shape index (κ2) is 6.64. The van der Waals surface area contributed by atoms with Crippen LogP contribution in [0.15, 0.2) is 0 Å². The minimum absolute atomic E-state index is 0.451. The molecule has 16 heavy (non-hydrogen) atoms. The number of hydrogen-bond donors (Lipinski definition) is 1. The molecule has 96 valence electrons. The molecule has 1 heteroatoms. The topological polar surface area (TPSA) is 26.0 Å². The Morgan fingerprint density at radius 1 is 0.812 bits per heavy atom. The third-order valence-corrected chi connectivity index (χ3v) is 4.55. The van der Waals surface area contributed by atoms with E-state index in [1.807, 2.05) is 0 Å². The van der Waals surface area contributed by atoms with E-state index in [0.717, 1.165) is 23.7 Å². The fourth-order valence-corrected chi connectivity index (χ4v) is 3.11. The fourth-order valence-electron chi connectivity index (χ4n) is 3.11. The van der Waals surface area contributed by atoms with Gasteiger partial charge in [-0.15, -0.1) is 0 Å². The molecule has 3 atom stereocenters. The lowest BCUT2D eigenvalue weighted by atomic mass is 9.85. The van der Waals surface area contributed by atoms with Gasteiger partial charge in [0.05, 0.1) is 0 Å². The van der Waals surface area contributed by atoms with E-state index in [1.54, 1.807) is 0 Å². The van der Waals surface area contributed by atoms with E-state index >= 15 is 0 Å². The van der Waals surface area contributed by atoms with Crippen LogP contribution in [-0.4, -0.2) is 6.04 Å². The summed E-state index contributed by atoms with van der Waals surface area (Å²) >= 11 is 0. The second-order valence-electron chi connectivity index (χ2n) is 6.51. The lowest BCUT2D eigenvalue weighted by Crippen LogP contribution is -2.25. The molecular formula is C15H31N. The summed E-state index contributed by atoms with van der Waals surface area (Å²) < 4.78 is 0. The Morgan fingerprint density at radius 3 is 1.94 bits per heavy atom. The molecule has 1 fully saturated rings. The van der Waals surface area contributed by atoms with Crippen molar-refractivity contribution >= 4 is 0 Å². The molecule has 0 bridgehead atoms. The highest BCUT2D eigenvalue weighted by Crippen LogP contribution is 2.31. The molecule has 0 spiro atoms. The molecule has 0 saturated heterocycles. The van der Waals surface area contributed by atoms with Crippen LogP contribution in [0.3, 0.4) is 0 Å². The highest BCUT2D eigenvalue weighted by molar-refractivity contribution is 4.76. The van der Waals surface area contributed by atoms with Crippen LogP contribution in [0.4, 0.5) is 0 Å². The predicted octanol–water partition coefficient (Wildman–Crippen LogP) is 4.21. The largest absolute Gasteiger partial charge is 0.328 e. The van der Waals surface area contributed by atoms with Crippen LogP contribution >= 0.6 is 0 Å². The van der Waals surface area contributed by atoms with Crippen molar-refractivity contribution in [1.29, 1.82) is 0 Å². The maximum Gasteiger partial charge on any atom is 0.00416 e. The van der Waals surface area contributed by atoms with Gasteiger partial charge in [-0.3, -0.25) is 0 Å². The van der Waals surface area contributed by atoms with Crippen LogP contribution in [0.25, 0.3) is 0 Å². The van der Waals surface area contributed by atoms with Crippen LogP contribution in [0.2, 0.25) is 0 Å². The van der Waals surface area contributed by atoms with E-state index < -0.39 is 0 Å². The number of rotatable bonds is 2. The van der Waals surface area contributed by atoms with Gasteiger partial charge in [0.25, 0.3) is 0 Å². The van der Waals surface area contributed by atoms with Crippen molar-refractivity contribution in [3.8, 4) is 0 Å². The van der Waals surface area contributed by atoms with E-state index in [4.69, 9.17) is 5.73 Å². The maximum atomic E-state index is 6.26. The van der Waals surface area contributed by atoms with Crippen molar-refractivity contribution in [2.75, 3.05) is 0 Å². The summed E-state index contributed by atoms with van der Waals surface area (Å²) in [5.41, 5.74) is 6.26. The lowest BCUT2D eigenvalue weighted by molar-refractivity contribution is 0.303. The quantitative estimate of drug-likeness (QED) is 0.748. The molecular weight excluding hydrogens is 194 g/mol. The van der Waals surface area contributed by atoms with E-state index in [9.17, 15) is 0 Å². The van der Waals surface area contributed by atoms with E-state index in [1.165, 1.54) is 38.5 Å². The van der Waals surface area contributed by atoms with E-state index in [2.05, 4.69) is 27.7 Å². The first-order valence-electron chi connectivity index (χ1n) is 7.26. The Balaban J connectivity index is 2.53. The van der Waals surface area contributed by atoms with Gasteiger partial charge in [-0.2, -0.15) is 0 Å². The standard InChI is InChI=1S/C15H31N/c1-11(2)13-6-5-7-14(12(3)4)10-15(16)9-8-13/h11-15H,5-10,16H2,1-4H3/t13-,14?,15?/m1/s1. The molecule has 1 aliphatic carbocycles. The number of hydrogen-bond acceptors (Lipinski definition) is 1. The van der Waals surface area contributed by atoms with Crippen LogP contribution in [0.5, 0.6) is 0 Å². The molecule has 0 aromatic heterocycles. The summed E-state index contributed by atoms with van der Waals surface area (Å²) in [6.45, 7) is 9.45. The van der Waals surface area contributed by atoms with Crippen molar-refractivity contribution in [1.82, 2.24) is 0 Å². The first-order valence-corrected chi connectivity index (χ1v) is 7.26. The average Bonchev–Trinajstić information content (AvgIpc) is 2.28. The zero-order chi connectivity index (χ0) is 12.1. The normalized spacial score (nSPS) is 33.6. The zero-order valence-corrected chi connectivity index (χ0v) is 11.7. The Labute approximate surface area is 102 Å². The molecule has 2 unspecified atom stereocenters. The van der Waals surface area contributed by atoms with Crippen molar-refractivity contribution in [2.45, 2.75) is 72.3 Å². The SMILES string of the molecule is CC(C)C1CCC[C@@H](C(C)C)CCC(N)C1. The monoisotopic (exact) mass is 225 g/mol. The molecule has 0 heterocycles. The molecule has 0 aromatic rings. The van der Waals surface area contributed by atoms with Gasteiger partial charge in [0.2, 0.25) is 0 Å². The molecule has 0 aliphatic heterocycles. The molecule has 1 aliphatic rings. The van der Waals surface area contributed by atoms with Gasteiger partial charge < -0.3 is 5.73 Å². The Kier molecular flexibility index (Phi) is 5.82. The first-order chi connectivity index (χ1) is 7.50. The van der Waals surface area contributed by atoms with Crippen molar-refractivity contribution < 1.29 is 0 Å². The predicted molar refractivity (Wildman–Crippen MR) is 72.3 cm³/mol. The van der Waals surface area contributed by atoms with Gasteiger partial charge in [-0.1, -0.05) is 47.0 Å². The van der Waals surface area contributed by atoms with Gasteiger partial charge in [0.15, 0.2) is 0 Å². The van der Waals surface area contributed by atoms with Gasteiger partial charge in [0, 0.05) is 6.04 Å². The molecule has 1 saturated carbocycles. The fraction of sp³-hybridized carbons (Fsp3) is 1.00. The summed E-state index contributed by atoms with van der Waals surface area (Å²) in [6.07, 6.45) is 8.08. The van der Waals surface area contributed by atoms with E-state index in [-0.39, 0.29) is 0 Å². The van der Waals surface area contributed by atoms with Gasteiger partial charge in [-0.05, 0) is 42.9 Å². The summed E-state index contributed by atoms with van der Waals surface area (Å²) in [4.78, 5) is 0. The van der Waals surface area contributed by atoms with Gasteiger partial charge in [-0.25, -0.2) is 0 Å². The smallest absolute Gasteiger partial charge is 0.00416 e. The first kappa shape index (κ1) is 14.0. The van der Waals surface area contributed by atoms with Crippen molar-refractivity contribution in [3.05, 3.63) is 0 Å². The van der Waals surface area contributed by atoms with Gasteiger partial charge >= 0.3 is 0 Å². The van der Waals surface area contributed by atoms with E-state index in [0.29, 0.717) is 6.04 Å².